The average Bonchev–Trinajstić information content (AvgIpc) is 2.25. The second-order valence-corrected chi connectivity index (χ2v) is 4.72. The number of aromatic hydroxyl groups is 1. The van der Waals surface area contributed by atoms with Crippen LogP contribution in [0.15, 0.2) is 41.1 Å². The second-order valence-electron chi connectivity index (χ2n) is 3.80. The molecule has 0 amide bonds. The number of halogens is 1. The maximum Gasteiger partial charge on any atom is 0.123 e. The van der Waals surface area contributed by atoms with Gasteiger partial charge in [0.05, 0.1) is 0 Å². The standard InChI is InChI=1S/C13H12BrNO2/c1-9-2-12(16)5-13(3-9)17-8-10-4-11(14)7-15-6-10/h2-7,16H,8H2,1H3. The molecular weight excluding hydrogens is 282 g/mol. The molecule has 0 aliphatic rings. The van der Waals surface area contributed by atoms with E-state index in [1.807, 2.05) is 19.1 Å². The highest BCUT2D eigenvalue weighted by Gasteiger charge is 2.00. The maximum atomic E-state index is 9.44. The summed E-state index contributed by atoms with van der Waals surface area (Å²) >= 11 is 3.35. The van der Waals surface area contributed by atoms with Crippen LogP contribution < -0.4 is 4.74 Å². The molecule has 0 aliphatic heterocycles. The van der Waals surface area contributed by atoms with Gasteiger partial charge >= 0.3 is 0 Å². The quantitative estimate of drug-likeness (QED) is 0.943. The number of aromatic nitrogens is 1. The van der Waals surface area contributed by atoms with Crippen LogP contribution in [0.4, 0.5) is 0 Å². The van der Waals surface area contributed by atoms with E-state index in [0.717, 1.165) is 15.6 Å². The van der Waals surface area contributed by atoms with Crippen LogP contribution in [0.2, 0.25) is 0 Å². The van der Waals surface area contributed by atoms with Gasteiger partial charge in [-0.1, -0.05) is 0 Å². The van der Waals surface area contributed by atoms with Crippen molar-refractivity contribution in [2.75, 3.05) is 0 Å². The van der Waals surface area contributed by atoms with Gasteiger partial charge < -0.3 is 9.84 Å². The van der Waals surface area contributed by atoms with Gasteiger partial charge in [-0.25, -0.2) is 0 Å². The average molecular weight is 294 g/mol. The zero-order valence-corrected chi connectivity index (χ0v) is 10.9. The largest absolute Gasteiger partial charge is 0.508 e. The number of aryl methyl sites for hydroxylation is 1. The van der Waals surface area contributed by atoms with E-state index in [-0.39, 0.29) is 5.75 Å². The van der Waals surface area contributed by atoms with Gasteiger partial charge in [0, 0.05) is 28.5 Å². The van der Waals surface area contributed by atoms with E-state index in [2.05, 4.69) is 20.9 Å². The van der Waals surface area contributed by atoms with Crippen molar-refractivity contribution in [1.29, 1.82) is 0 Å². The molecule has 0 aliphatic carbocycles. The van der Waals surface area contributed by atoms with Gasteiger partial charge in [-0.2, -0.15) is 0 Å². The van der Waals surface area contributed by atoms with Crippen LogP contribution >= 0.6 is 15.9 Å². The zero-order valence-electron chi connectivity index (χ0n) is 9.35. The Morgan fingerprint density at radius 2 is 2.06 bits per heavy atom. The second kappa shape index (κ2) is 5.19. The lowest BCUT2D eigenvalue weighted by atomic mass is 10.2. The van der Waals surface area contributed by atoms with Gasteiger partial charge in [-0.3, -0.25) is 4.98 Å². The minimum atomic E-state index is 0.215. The third-order valence-electron chi connectivity index (χ3n) is 2.20. The van der Waals surface area contributed by atoms with Crippen LogP contribution in [0.1, 0.15) is 11.1 Å². The summed E-state index contributed by atoms with van der Waals surface area (Å²) in [5, 5.41) is 9.44. The van der Waals surface area contributed by atoms with Gasteiger partial charge in [0.25, 0.3) is 0 Å². The molecule has 1 heterocycles. The molecule has 2 rings (SSSR count). The van der Waals surface area contributed by atoms with E-state index in [1.165, 1.54) is 0 Å². The molecule has 0 atom stereocenters. The minimum absolute atomic E-state index is 0.215. The summed E-state index contributed by atoms with van der Waals surface area (Å²) in [6.45, 7) is 2.34. The van der Waals surface area contributed by atoms with E-state index >= 15 is 0 Å². The van der Waals surface area contributed by atoms with Crippen molar-refractivity contribution < 1.29 is 9.84 Å². The maximum absolute atomic E-state index is 9.44. The van der Waals surface area contributed by atoms with Crippen molar-refractivity contribution in [3.8, 4) is 11.5 Å². The first-order valence-corrected chi connectivity index (χ1v) is 5.96. The topological polar surface area (TPSA) is 42.4 Å². The van der Waals surface area contributed by atoms with Gasteiger partial charge in [0.1, 0.15) is 18.1 Å². The van der Waals surface area contributed by atoms with Crippen molar-refractivity contribution in [2.45, 2.75) is 13.5 Å². The highest BCUT2D eigenvalue weighted by atomic mass is 79.9. The van der Waals surface area contributed by atoms with Crippen LogP contribution in [-0.2, 0) is 6.61 Å². The first-order valence-electron chi connectivity index (χ1n) is 5.16. The number of nitrogens with zero attached hydrogens (tertiary/aromatic N) is 1. The number of phenolic OH excluding ortho intramolecular Hbond substituents is 1. The monoisotopic (exact) mass is 293 g/mol. The minimum Gasteiger partial charge on any atom is -0.508 e. The van der Waals surface area contributed by atoms with Crippen LogP contribution in [0.3, 0.4) is 0 Å². The first-order chi connectivity index (χ1) is 8.13. The summed E-state index contributed by atoms with van der Waals surface area (Å²) in [5.41, 5.74) is 1.94. The Balaban J connectivity index is 2.07. The number of benzene rings is 1. The molecule has 0 radical (unpaired) electrons. The molecule has 1 aromatic heterocycles. The molecule has 0 bridgehead atoms. The smallest absolute Gasteiger partial charge is 0.123 e. The Bertz CT molecular complexity index is 508. The van der Waals surface area contributed by atoms with Crippen LogP contribution in [-0.4, -0.2) is 10.1 Å². The molecule has 4 heteroatoms. The number of ether oxygens (including phenoxy) is 1. The van der Waals surface area contributed by atoms with Crippen molar-refractivity contribution >= 4 is 15.9 Å². The third kappa shape index (κ3) is 3.46. The third-order valence-corrected chi connectivity index (χ3v) is 2.64. The number of hydrogen-bond donors (Lipinski definition) is 1. The first kappa shape index (κ1) is 11.9. The lowest BCUT2D eigenvalue weighted by Crippen LogP contribution is -1.96. The molecular formula is C13H12BrNO2. The van der Waals surface area contributed by atoms with Crippen molar-refractivity contribution in [3.63, 3.8) is 0 Å². The van der Waals surface area contributed by atoms with E-state index in [4.69, 9.17) is 4.74 Å². The molecule has 1 N–H and O–H groups in total. The Kier molecular flexibility index (Phi) is 3.64. The van der Waals surface area contributed by atoms with Gasteiger partial charge in [-0.15, -0.1) is 0 Å². The van der Waals surface area contributed by atoms with E-state index < -0.39 is 0 Å². The van der Waals surface area contributed by atoms with E-state index in [0.29, 0.717) is 12.4 Å². The van der Waals surface area contributed by atoms with Crippen molar-refractivity contribution in [2.24, 2.45) is 0 Å². The fourth-order valence-electron chi connectivity index (χ4n) is 1.51. The number of pyridine rings is 1. The van der Waals surface area contributed by atoms with Crippen LogP contribution in [0.5, 0.6) is 11.5 Å². The highest BCUT2D eigenvalue weighted by Crippen LogP contribution is 2.22. The zero-order chi connectivity index (χ0) is 12.3. The Morgan fingerprint density at radius 3 is 2.76 bits per heavy atom. The van der Waals surface area contributed by atoms with Crippen LogP contribution in [0.25, 0.3) is 0 Å². The Hall–Kier alpha value is -1.55. The lowest BCUT2D eigenvalue weighted by molar-refractivity contribution is 0.303. The fourth-order valence-corrected chi connectivity index (χ4v) is 1.93. The predicted molar refractivity (Wildman–Crippen MR) is 69.1 cm³/mol. The summed E-state index contributed by atoms with van der Waals surface area (Å²) in [5.74, 6) is 0.870. The summed E-state index contributed by atoms with van der Waals surface area (Å²) in [6, 6.07) is 7.11. The van der Waals surface area contributed by atoms with Gasteiger partial charge in [0.15, 0.2) is 0 Å². The molecule has 0 saturated carbocycles. The Labute approximate surface area is 108 Å². The molecule has 17 heavy (non-hydrogen) atoms. The molecule has 0 fully saturated rings. The van der Waals surface area contributed by atoms with Crippen LogP contribution in [0, 0.1) is 6.92 Å². The van der Waals surface area contributed by atoms with Gasteiger partial charge in [0.2, 0.25) is 0 Å². The van der Waals surface area contributed by atoms with E-state index in [1.54, 1.807) is 24.5 Å². The van der Waals surface area contributed by atoms with Gasteiger partial charge in [-0.05, 0) is 46.6 Å². The number of hydrogen-bond acceptors (Lipinski definition) is 3. The van der Waals surface area contributed by atoms with E-state index in [9.17, 15) is 5.11 Å². The van der Waals surface area contributed by atoms with Crippen molar-refractivity contribution in [1.82, 2.24) is 4.98 Å². The summed E-state index contributed by atoms with van der Waals surface area (Å²) < 4.78 is 6.51. The normalized spacial score (nSPS) is 10.2. The predicted octanol–water partition coefficient (Wildman–Crippen LogP) is 3.44. The lowest BCUT2D eigenvalue weighted by Gasteiger charge is -2.07. The summed E-state index contributed by atoms with van der Waals surface area (Å²) in [6.07, 6.45) is 3.47. The molecule has 0 saturated heterocycles. The number of rotatable bonds is 3. The fraction of sp³-hybridized carbons (Fsp3) is 0.154. The molecule has 0 unspecified atom stereocenters. The molecule has 0 spiro atoms. The Morgan fingerprint density at radius 1 is 1.24 bits per heavy atom. The van der Waals surface area contributed by atoms with Crippen molar-refractivity contribution in [3.05, 3.63) is 52.3 Å². The SMILES string of the molecule is Cc1cc(O)cc(OCc2cncc(Br)c2)c1. The molecule has 1 aromatic carbocycles. The molecule has 88 valence electrons. The molecule has 3 nitrogen and oxygen atoms in total. The summed E-state index contributed by atoms with van der Waals surface area (Å²) in [4.78, 5) is 4.06. The molecule has 2 aromatic rings. The number of phenols is 1. The highest BCUT2D eigenvalue weighted by molar-refractivity contribution is 9.10. The summed E-state index contributed by atoms with van der Waals surface area (Å²) in [7, 11) is 0.